The van der Waals surface area contributed by atoms with E-state index < -0.39 is 0 Å². The maximum Gasteiger partial charge on any atom is 0.131 e. The summed E-state index contributed by atoms with van der Waals surface area (Å²) in [5, 5.41) is 13.0. The Bertz CT molecular complexity index is 397. The van der Waals surface area contributed by atoms with Crippen LogP contribution in [0.3, 0.4) is 0 Å². The van der Waals surface area contributed by atoms with Gasteiger partial charge in [-0.15, -0.1) is 0 Å². The Morgan fingerprint density at radius 1 is 1.42 bits per heavy atom. The van der Waals surface area contributed by atoms with Crippen LogP contribution in [-0.4, -0.2) is 54.4 Å². The standard InChI is InChI=1S/C13H20ClN3O2/c14-13-8-12(11(10-18)9-16-13)15-2-1-3-17-4-6-19-7-5-17/h8-9,18H,1-7,10H2,(H,15,16). The van der Waals surface area contributed by atoms with Gasteiger partial charge in [0.25, 0.3) is 0 Å². The van der Waals surface area contributed by atoms with Gasteiger partial charge in [-0.05, 0) is 19.0 Å². The van der Waals surface area contributed by atoms with Crippen molar-refractivity contribution in [2.24, 2.45) is 0 Å². The van der Waals surface area contributed by atoms with Gasteiger partial charge in [-0.3, -0.25) is 4.90 Å². The van der Waals surface area contributed by atoms with E-state index >= 15 is 0 Å². The Balaban J connectivity index is 1.74. The van der Waals surface area contributed by atoms with Gasteiger partial charge in [0.15, 0.2) is 0 Å². The van der Waals surface area contributed by atoms with Crippen molar-refractivity contribution in [3.8, 4) is 0 Å². The third-order valence-electron chi connectivity index (χ3n) is 3.19. The molecule has 0 amide bonds. The molecule has 0 aromatic carbocycles. The highest BCUT2D eigenvalue weighted by atomic mass is 35.5. The molecule has 0 bridgehead atoms. The first-order valence-corrected chi connectivity index (χ1v) is 6.96. The van der Waals surface area contributed by atoms with E-state index in [2.05, 4.69) is 15.2 Å². The van der Waals surface area contributed by atoms with Crippen molar-refractivity contribution in [1.29, 1.82) is 0 Å². The van der Waals surface area contributed by atoms with Gasteiger partial charge in [-0.2, -0.15) is 0 Å². The van der Waals surface area contributed by atoms with Crippen LogP contribution in [0.15, 0.2) is 12.3 Å². The van der Waals surface area contributed by atoms with E-state index in [1.807, 2.05) is 0 Å². The molecule has 1 aliphatic heterocycles. The lowest BCUT2D eigenvalue weighted by Gasteiger charge is -2.26. The number of rotatable bonds is 6. The van der Waals surface area contributed by atoms with Gasteiger partial charge >= 0.3 is 0 Å². The monoisotopic (exact) mass is 285 g/mol. The van der Waals surface area contributed by atoms with E-state index in [0.29, 0.717) is 5.15 Å². The highest BCUT2D eigenvalue weighted by Crippen LogP contribution is 2.18. The number of nitrogens with zero attached hydrogens (tertiary/aromatic N) is 2. The molecule has 19 heavy (non-hydrogen) atoms. The number of aliphatic hydroxyl groups is 1. The average Bonchev–Trinajstić information content (AvgIpc) is 2.45. The number of aliphatic hydroxyl groups excluding tert-OH is 1. The Kier molecular flexibility index (Phi) is 5.85. The van der Waals surface area contributed by atoms with Crippen molar-refractivity contribution in [1.82, 2.24) is 9.88 Å². The van der Waals surface area contributed by atoms with Crippen LogP contribution >= 0.6 is 11.6 Å². The third-order valence-corrected chi connectivity index (χ3v) is 3.40. The first-order valence-electron chi connectivity index (χ1n) is 6.59. The van der Waals surface area contributed by atoms with Crippen molar-refractivity contribution in [3.05, 3.63) is 23.0 Å². The first-order chi connectivity index (χ1) is 9.29. The van der Waals surface area contributed by atoms with E-state index in [1.54, 1.807) is 12.3 Å². The van der Waals surface area contributed by atoms with Gasteiger partial charge in [-0.1, -0.05) is 11.6 Å². The third kappa shape index (κ3) is 4.62. The second-order valence-corrected chi connectivity index (χ2v) is 4.94. The van der Waals surface area contributed by atoms with E-state index in [4.69, 9.17) is 16.3 Å². The highest BCUT2D eigenvalue weighted by Gasteiger charge is 2.09. The van der Waals surface area contributed by atoms with Crippen LogP contribution in [0.25, 0.3) is 0 Å². The molecule has 106 valence electrons. The number of morpholine rings is 1. The molecule has 2 heterocycles. The maximum absolute atomic E-state index is 9.22. The maximum atomic E-state index is 9.22. The zero-order valence-corrected chi connectivity index (χ0v) is 11.7. The average molecular weight is 286 g/mol. The fraction of sp³-hybridized carbons (Fsp3) is 0.615. The minimum absolute atomic E-state index is 0.0318. The van der Waals surface area contributed by atoms with E-state index in [-0.39, 0.29) is 6.61 Å². The molecule has 1 saturated heterocycles. The number of aromatic nitrogens is 1. The number of pyridine rings is 1. The van der Waals surface area contributed by atoms with Crippen LogP contribution in [0.1, 0.15) is 12.0 Å². The Morgan fingerprint density at radius 3 is 2.95 bits per heavy atom. The minimum atomic E-state index is -0.0318. The van der Waals surface area contributed by atoms with Crippen molar-refractivity contribution < 1.29 is 9.84 Å². The summed E-state index contributed by atoms with van der Waals surface area (Å²) in [6.07, 6.45) is 2.65. The first kappa shape index (κ1) is 14.5. The number of hydrogen-bond acceptors (Lipinski definition) is 5. The molecule has 0 atom stereocenters. The molecule has 1 fully saturated rings. The normalized spacial score (nSPS) is 16.5. The Morgan fingerprint density at radius 2 is 2.21 bits per heavy atom. The summed E-state index contributed by atoms with van der Waals surface area (Å²) >= 11 is 5.85. The largest absolute Gasteiger partial charge is 0.392 e. The molecular formula is C13H20ClN3O2. The predicted octanol–water partition coefficient (Wildman–Crippen LogP) is 1.36. The molecule has 5 nitrogen and oxygen atoms in total. The molecule has 2 N–H and O–H groups in total. The molecule has 0 saturated carbocycles. The van der Waals surface area contributed by atoms with Crippen LogP contribution in [0.2, 0.25) is 5.15 Å². The number of hydrogen-bond donors (Lipinski definition) is 2. The molecule has 2 rings (SSSR count). The quantitative estimate of drug-likeness (QED) is 0.611. The summed E-state index contributed by atoms with van der Waals surface area (Å²) in [6, 6.07) is 1.75. The Hall–Kier alpha value is -0.880. The lowest BCUT2D eigenvalue weighted by Crippen LogP contribution is -2.37. The van der Waals surface area contributed by atoms with Crippen molar-refractivity contribution >= 4 is 17.3 Å². The van der Waals surface area contributed by atoms with Crippen molar-refractivity contribution in [3.63, 3.8) is 0 Å². The number of nitrogens with one attached hydrogen (secondary N) is 1. The summed E-state index contributed by atoms with van der Waals surface area (Å²) < 4.78 is 5.31. The van der Waals surface area contributed by atoms with E-state index in [9.17, 15) is 5.11 Å². The molecule has 1 aromatic heterocycles. The lowest BCUT2D eigenvalue weighted by molar-refractivity contribution is 0.0378. The summed E-state index contributed by atoms with van der Waals surface area (Å²) in [7, 11) is 0. The molecule has 0 aliphatic carbocycles. The van der Waals surface area contributed by atoms with E-state index in [1.165, 1.54) is 0 Å². The zero-order valence-electron chi connectivity index (χ0n) is 10.9. The molecular weight excluding hydrogens is 266 g/mol. The molecule has 1 aliphatic rings. The van der Waals surface area contributed by atoms with Gasteiger partial charge < -0.3 is 15.2 Å². The summed E-state index contributed by atoms with van der Waals surface area (Å²) in [6.45, 7) is 5.58. The van der Waals surface area contributed by atoms with Crippen LogP contribution in [-0.2, 0) is 11.3 Å². The van der Waals surface area contributed by atoms with E-state index in [0.717, 1.165) is 57.1 Å². The van der Waals surface area contributed by atoms with Gasteiger partial charge in [-0.25, -0.2) is 4.98 Å². The topological polar surface area (TPSA) is 57.6 Å². The summed E-state index contributed by atoms with van der Waals surface area (Å²) in [4.78, 5) is 6.36. The number of ether oxygens (including phenoxy) is 1. The number of halogens is 1. The van der Waals surface area contributed by atoms with Crippen LogP contribution in [0.4, 0.5) is 5.69 Å². The summed E-state index contributed by atoms with van der Waals surface area (Å²) in [5.41, 5.74) is 1.64. The molecule has 0 unspecified atom stereocenters. The smallest absolute Gasteiger partial charge is 0.131 e. The molecule has 1 aromatic rings. The van der Waals surface area contributed by atoms with Gasteiger partial charge in [0, 0.05) is 37.1 Å². The van der Waals surface area contributed by atoms with Crippen molar-refractivity contribution in [2.75, 3.05) is 44.7 Å². The zero-order chi connectivity index (χ0) is 13.5. The molecule has 0 spiro atoms. The second-order valence-electron chi connectivity index (χ2n) is 4.56. The second kappa shape index (κ2) is 7.65. The van der Waals surface area contributed by atoms with Gasteiger partial charge in [0.2, 0.25) is 0 Å². The molecule has 6 heteroatoms. The van der Waals surface area contributed by atoms with Crippen molar-refractivity contribution in [2.45, 2.75) is 13.0 Å². The van der Waals surface area contributed by atoms with Crippen LogP contribution in [0.5, 0.6) is 0 Å². The minimum Gasteiger partial charge on any atom is -0.392 e. The van der Waals surface area contributed by atoms with Crippen LogP contribution < -0.4 is 5.32 Å². The summed E-state index contributed by atoms with van der Waals surface area (Å²) in [5.74, 6) is 0. The highest BCUT2D eigenvalue weighted by molar-refractivity contribution is 6.29. The Labute approximate surface area is 118 Å². The van der Waals surface area contributed by atoms with Gasteiger partial charge in [0.1, 0.15) is 5.15 Å². The van der Waals surface area contributed by atoms with Crippen LogP contribution in [0, 0.1) is 0 Å². The van der Waals surface area contributed by atoms with Gasteiger partial charge in [0.05, 0.1) is 19.8 Å². The fourth-order valence-corrected chi connectivity index (χ4v) is 2.26. The fourth-order valence-electron chi connectivity index (χ4n) is 2.10. The lowest BCUT2D eigenvalue weighted by atomic mass is 10.2. The SMILES string of the molecule is OCc1cnc(Cl)cc1NCCCN1CCOCC1. The molecule has 0 radical (unpaired) electrons. The number of anilines is 1. The predicted molar refractivity (Wildman–Crippen MR) is 75.5 cm³/mol.